The normalized spacial score (nSPS) is 11.7. The molecule has 1 amide bonds. The summed E-state index contributed by atoms with van der Waals surface area (Å²) in [7, 11) is 1.81. The number of aromatic nitrogens is 3. The van der Waals surface area contributed by atoms with Gasteiger partial charge in [0.15, 0.2) is 17.1 Å². The zero-order chi connectivity index (χ0) is 21.7. The Morgan fingerprint density at radius 2 is 2.03 bits per heavy atom. The van der Waals surface area contributed by atoms with Crippen LogP contribution in [0.3, 0.4) is 0 Å². The molecule has 0 fully saturated rings. The fraction of sp³-hybridized carbons (Fsp3) is 0.250. The van der Waals surface area contributed by atoms with Gasteiger partial charge < -0.3 is 14.6 Å². The molecule has 0 saturated heterocycles. The third-order valence-corrected chi connectivity index (χ3v) is 5.32. The van der Waals surface area contributed by atoms with Crippen molar-refractivity contribution in [1.82, 2.24) is 14.8 Å². The van der Waals surface area contributed by atoms with E-state index in [2.05, 4.69) is 15.5 Å². The van der Waals surface area contributed by atoms with Crippen LogP contribution in [0.1, 0.15) is 24.4 Å². The van der Waals surface area contributed by atoms with E-state index in [0.29, 0.717) is 16.7 Å². The maximum Gasteiger partial charge on any atom is 0.271 e. The smallest absolute Gasteiger partial charge is 0.271 e. The van der Waals surface area contributed by atoms with E-state index in [9.17, 15) is 14.9 Å². The summed E-state index contributed by atoms with van der Waals surface area (Å²) in [6, 6.07) is 13.5. The van der Waals surface area contributed by atoms with E-state index in [1.165, 1.54) is 30.0 Å². The van der Waals surface area contributed by atoms with Crippen molar-refractivity contribution >= 4 is 29.0 Å². The molecule has 0 aliphatic heterocycles. The molecule has 30 heavy (non-hydrogen) atoms. The number of thioether (sulfide) groups is 1. The topological polar surface area (TPSA) is 112 Å². The molecular formula is C20H21N5O4S. The van der Waals surface area contributed by atoms with E-state index in [1.807, 2.05) is 45.2 Å². The number of nitro groups is 1. The predicted molar refractivity (Wildman–Crippen MR) is 114 cm³/mol. The molecule has 0 radical (unpaired) electrons. The monoisotopic (exact) mass is 427 g/mol. The third kappa shape index (κ3) is 5.15. The van der Waals surface area contributed by atoms with Crippen molar-refractivity contribution in [1.29, 1.82) is 0 Å². The number of nitrogens with zero attached hydrogens (tertiary/aromatic N) is 4. The number of aryl methyl sites for hydroxylation is 1. The lowest BCUT2D eigenvalue weighted by Gasteiger charge is -2.15. The van der Waals surface area contributed by atoms with Crippen molar-refractivity contribution in [2.75, 3.05) is 11.1 Å². The first-order valence-corrected chi connectivity index (χ1v) is 10.1. The van der Waals surface area contributed by atoms with Crippen molar-refractivity contribution in [2.24, 2.45) is 7.05 Å². The first kappa shape index (κ1) is 21.3. The number of hydrogen-bond donors (Lipinski definition) is 1. The molecule has 10 heteroatoms. The Morgan fingerprint density at radius 3 is 2.77 bits per heavy atom. The van der Waals surface area contributed by atoms with Crippen molar-refractivity contribution in [3.63, 3.8) is 0 Å². The van der Waals surface area contributed by atoms with E-state index in [1.54, 1.807) is 10.6 Å². The fourth-order valence-electron chi connectivity index (χ4n) is 2.76. The molecule has 1 atom stereocenters. The van der Waals surface area contributed by atoms with Crippen molar-refractivity contribution < 1.29 is 14.5 Å². The van der Waals surface area contributed by atoms with Gasteiger partial charge in [0, 0.05) is 24.9 Å². The van der Waals surface area contributed by atoms with Gasteiger partial charge in [0.1, 0.15) is 5.75 Å². The van der Waals surface area contributed by atoms with E-state index in [-0.39, 0.29) is 23.5 Å². The van der Waals surface area contributed by atoms with E-state index in [0.717, 1.165) is 11.3 Å². The molecule has 1 aromatic heterocycles. The zero-order valence-electron chi connectivity index (χ0n) is 16.7. The van der Waals surface area contributed by atoms with Crippen LogP contribution in [0.15, 0.2) is 53.7 Å². The SMILES string of the molecule is Cc1ccccc1OC(C)c1nnc(SCC(=O)Nc2cccc([N+](=O)[O-])c2)n1C. The molecule has 0 bridgehead atoms. The molecule has 156 valence electrons. The van der Waals surface area contributed by atoms with Gasteiger partial charge in [0.05, 0.1) is 10.7 Å². The lowest BCUT2D eigenvalue weighted by Crippen LogP contribution is -2.15. The Balaban J connectivity index is 1.59. The van der Waals surface area contributed by atoms with Gasteiger partial charge in [-0.05, 0) is 31.5 Å². The van der Waals surface area contributed by atoms with Crippen LogP contribution in [-0.4, -0.2) is 31.3 Å². The highest BCUT2D eigenvalue weighted by atomic mass is 32.2. The number of hydrogen-bond acceptors (Lipinski definition) is 7. The first-order valence-electron chi connectivity index (χ1n) is 9.14. The molecule has 1 N–H and O–H groups in total. The molecule has 0 saturated carbocycles. The molecule has 0 aliphatic rings. The number of amides is 1. The number of para-hydroxylation sites is 1. The summed E-state index contributed by atoms with van der Waals surface area (Å²) in [6.07, 6.45) is -0.323. The van der Waals surface area contributed by atoms with Crippen LogP contribution < -0.4 is 10.1 Å². The summed E-state index contributed by atoms with van der Waals surface area (Å²) >= 11 is 1.22. The van der Waals surface area contributed by atoms with Gasteiger partial charge in [-0.15, -0.1) is 10.2 Å². The highest BCUT2D eigenvalue weighted by Crippen LogP contribution is 2.26. The van der Waals surface area contributed by atoms with Gasteiger partial charge in [-0.25, -0.2) is 0 Å². The molecular weight excluding hydrogens is 406 g/mol. The predicted octanol–water partition coefficient (Wildman–Crippen LogP) is 3.90. The second kappa shape index (κ2) is 9.40. The summed E-state index contributed by atoms with van der Waals surface area (Å²) in [6.45, 7) is 3.86. The number of ether oxygens (including phenoxy) is 1. The maximum atomic E-state index is 12.2. The van der Waals surface area contributed by atoms with Crippen molar-refractivity contribution in [3.05, 3.63) is 70.0 Å². The molecule has 0 spiro atoms. The minimum Gasteiger partial charge on any atom is -0.482 e. The summed E-state index contributed by atoms with van der Waals surface area (Å²) in [4.78, 5) is 22.5. The van der Waals surface area contributed by atoms with E-state index in [4.69, 9.17) is 4.74 Å². The number of rotatable bonds is 8. The Morgan fingerprint density at radius 1 is 1.27 bits per heavy atom. The average molecular weight is 427 g/mol. The van der Waals surface area contributed by atoms with Crippen LogP contribution in [0.5, 0.6) is 5.75 Å². The molecule has 0 aliphatic carbocycles. The number of nitro benzene ring substituents is 1. The van der Waals surface area contributed by atoms with Crippen LogP contribution in [0.4, 0.5) is 11.4 Å². The number of anilines is 1. The van der Waals surface area contributed by atoms with Crippen LogP contribution in [0.2, 0.25) is 0 Å². The Labute approximate surface area is 177 Å². The highest BCUT2D eigenvalue weighted by molar-refractivity contribution is 7.99. The lowest BCUT2D eigenvalue weighted by atomic mass is 10.2. The molecule has 1 unspecified atom stereocenters. The van der Waals surface area contributed by atoms with E-state index < -0.39 is 4.92 Å². The number of non-ortho nitro benzene ring substituents is 1. The van der Waals surface area contributed by atoms with Gasteiger partial charge in [0.25, 0.3) is 5.69 Å². The number of benzene rings is 2. The summed E-state index contributed by atoms with van der Waals surface area (Å²) in [5, 5.41) is 22.4. The summed E-state index contributed by atoms with van der Waals surface area (Å²) in [5.41, 5.74) is 1.31. The third-order valence-electron chi connectivity index (χ3n) is 4.30. The van der Waals surface area contributed by atoms with Crippen molar-refractivity contribution in [3.8, 4) is 5.75 Å². The zero-order valence-corrected chi connectivity index (χ0v) is 17.5. The van der Waals surface area contributed by atoms with E-state index >= 15 is 0 Å². The Bertz CT molecular complexity index is 1070. The summed E-state index contributed by atoms with van der Waals surface area (Å²) < 4.78 is 7.78. The fourth-order valence-corrected chi connectivity index (χ4v) is 3.48. The molecule has 1 heterocycles. The average Bonchev–Trinajstić information content (AvgIpc) is 3.09. The van der Waals surface area contributed by atoms with Gasteiger partial charge in [-0.1, -0.05) is 36.0 Å². The lowest BCUT2D eigenvalue weighted by molar-refractivity contribution is -0.384. The molecule has 9 nitrogen and oxygen atoms in total. The van der Waals surface area contributed by atoms with Gasteiger partial charge in [-0.2, -0.15) is 0 Å². The van der Waals surface area contributed by atoms with Gasteiger partial charge in [-0.3, -0.25) is 14.9 Å². The summed E-state index contributed by atoms with van der Waals surface area (Å²) in [5.74, 6) is 1.20. The Kier molecular flexibility index (Phi) is 6.68. The number of carbonyl (C=O) groups excluding carboxylic acids is 1. The quantitative estimate of drug-likeness (QED) is 0.329. The number of nitrogens with one attached hydrogen (secondary N) is 1. The highest BCUT2D eigenvalue weighted by Gasteiger charge is 2.18. The molecule has 2 aromatic carbocycles. The second-order valence-electron chi connectivity index (χ2n) is 6.57. The molecule has 3 aromatic rings. The minimum absolute atomic E-state index is 0.0824. The number of carbonyl (C=O) groups is 1. The van der Waals surface area contributed by atoms with Crippen LogP contribution in [-0.2, 0) is 11.8 Å². The largest absolute Gasteiger partial charge is 0.482 e. The van der Waals surface area contributed by atoms with Crippen LogP contribution in [0.25, 0.3) is 0 Å². The minimum atomic E-state index is -0.508. The standard InChI is InChI=1S/C20H21N5O4S/c1-13-7-4-5-10-17(13)29-14(2)19-22-23-20(24(19)3)30-12-18(26)21-15-8-6-9-16(11-15)25(27)28/h4-11,14H,12H2,1-3H3,(H,21,26). The molecule has 3 rings (SSSR count). The van der Waals surface area contributed by atoms with Gasteiger partial charge >= 0.3 is 0 Å². The first-order chi connectivity index (χ1) is 14.3. The van der Waals surface area contributed by atoms with Crippen molar-refractivity contribution in [2.45, 2.75) is 25.1 Å². The van der Waals surface area contributed by atoms with Crippen LogP contribution in [0, 0.1) is 17.0 Å². The maximum absolute atomic E-state index is 12.2. The van der Waals surface area contributed by atoms with Gasteiger partial charge in [0.2, 0.25) is 5.91 Å². The van der Waals surface area contributed by atoms with Crippen LogP contribution >= 0.6 is 11.8 Å². The second-order valence-corrected chi connectivity index (χ2v) is 7.51. The Hall–Kier alpha value is -3.40.